The van der Waals surface area contributed by atoms with Gasteiger partial charge in [-0.05, 0) is 19.1 Å². The zero-order valence-corrected chi connectivity index (χ0v) is 11.9. The number of rotatable bonds is 4. The predicted molar refractivity (Wildman–Crippen MR) is 76.1 cm³/mol. The molecule has 0 atom stereocenters. The molecular weight excluding hydrogens is 292 g/mol. The SMILES string of the molecule is Cc1ncc(S(=O)(=O)Nc2cccc(-c3cnco3)c2)[nH]1. The molecule has 2 heterocycles. The lowest BCUT2D eigenvalue weighted by molar-refractivity contribution is 0.572. The molecule has 3 aromatic rings. The molecule has 0 fully saturated rings. The average Bonchev–Trinajstić information content (AvgIpc) is 3.09. The molecule has 0 saturated carbocycles. The van der Waals surface area contributed by atoms with Gasteiger partial charge in [-0.2, -0.15) is 8.42 Å². The highest BCUT2D eigenvalue weighted by Gasteiger charge is 2.17. The Morgan fingerprint density at radius 1 is 1.29 bits per heavy atom. The van der Waals surface area contributed by atoms with E-state index in [4.69, 9.17) is 4.42 Å². The normalized spacial score (nSPS) is 11.5. The highest BCUT2D eigenvalue weighted by Crippen LogP contribution is 2.23. The maximum atomic E-state index is 12.2. The van der Waals surface area contributed by atoms with Crippen LogP contribution in [0.5, 0.6) is 0 Å². The molecule has 2 aromatic heterocycles. The number of hydrogen-bond donors (Lipinski definition) is 2. The second kappa shape index (κ2) is 5.06. The summed E-state index contributed by atoms with van der Waals surface area (Å²) in [4.78, 5) is 10.4. The average molecular weight is 304 g/mol. The Hall–Kier alpha value is -2.61. The van der Waals surface area contributed by atoms with Gasteiger partial charge in [-0.1, -0.05) is 12.1 Å². The maximum absolute atomic E-state index is 12.2. The number of H-pyrrole nitrogens is 1. The van der Waals surface area contributed by atoms with Crippen molar-refractivity contribution in [3.63, 3.8) is 0 Å². The number of imidazole rings is 1. The van der Waals surface area contributed by atoms with E-state index in [2.05, 4.69) is 19.7 Å². The number of anilines is 1. The number of aromatic amines is 1. The van der Waals surface area contributed by atoms with E-state index >= 15 is 0 Å². The van der Waals surface area contributed by atoms with Crippen molar-refractivity contribution in [2.45, 2.75) is 11.9 Å². The lowest BCUT2D eigenvalue weighted by atomic mass is 10.2. The molecule has 8 heteroatoms. The first-order valence-corrected chi connectivity index (χ1v) is 7.56. The number of nitrogens with one attached hydrogen (secondary N) is 2. The van der Waals surface area contributed by atoms with Crippen LogP contribution in [-0.4, -0.2) is 23.4 Å². The van der Waals surface area contributed by atoms with Crippen LogP contribution in [0.2, 0.25) is 0 Å². The second-order valence-corrected chi connectivity index (χ2v) is 6.04. The zero-order valence-electron chi connectivity index (χ0n) is 11.1. The van der Waals surface area contributed by atoms with Crippen LogP contribution in [0.4, 0.5) is 5.69 Å². The molecule has 21 heavy (non-hydrogen) atoms. The molecule has 3 rings (SSSR count). The van der Waals surface area contributed by atoms with Crippen LogP contribution in [0.1, 0.15) is 5.82 Å². The van der Waals surface area contributed by atoms with Gasteiger partial charge in [-0.25, -0.2) is 9.97 Å². The van der Waals surface area contributed by atoms with E-state index in [-0.39, 0.29) is 5.03 Å². The lowest BCUT2D eigenvalue weighted by Crippen LogP contribution is -2.13. The van der Waals surface area contributed by atoms with Gasteiger partial charge in [0, 0.05) is 11.3 Å². The second-order valence-electron chi connectivity index (χ2n) is 4.38. The fourth-order valence-electron chi connectivity index (χ4n) is 1.84. The van der Waals surface area contributed by atoms with Crippen LogP contribution in [-0.2, 0) is 10.0 Å². The summed E-state index contributed by atoms with van der Waals surface area (Å²) < 4.78 is 32.1. The van der Waals surface area contributed by atoms with Crippen molar-refractivity contribution in [2.24, 2.45) is 0 Å². The number of oxazole rings is 1. The van der Waals surface area contributed by atoms with Crippen molar-refractivity contribution in [1.82, 2.24) is 15.0 Å². The van der Waals surface area contributed by atoms with Crippen molar-refractivity contribution in [3.05, 3.63) is 48.9 Å². The molecule has 0 unspecified atom stereocenters. The molecule has 2 N–H and O–H groups in total. The maximum Gasteiger partial charge on any atom is 0.278 e. The Morgan fingerprint density at radius 2 is 2.14 bits per heavy atom. The predicted octanol–water partition coefficient (Wildman–Crippen LogP) is 2.17. The Labute approximate surface area is 121 Å². The van der Waals surface area contributed by atoms with Crippen molar-refractivity contribution in [3.8, 4) is 11.3 Å². The molecule has 0 aliphatic rings. The fraction of sp³-hybridized carbons (Fsp3) is 0.0769. The van der Waals surface area contributed by atoms with E-state index < -0.39 is 10.0 Å². The standard InChI is InChI=1S/C13H12N4O3S/c1-9-15-7-13(16-9)21(18,19)17-11-4-2-3-10(5-11)12-6-14-8-20-12/h2-8,17H,1H3,(H,15,16). The Balaban J connectivity index is 1.90. The largest absolute Gasteiger partial charge is 0.444 e. The third-order valence-corrected chi connectivity index (χ3v) is 4.09. The van der Waals surface area contributed by atoms with Crippen molar-refractivity contribution >= 4 is 15.7 Å². The fourth-order valence-corrected chi connectivity index (χ4v) is 2.86. The van der Waals surface area contributed by atoms with Gasteiger partial charge < -0.3 is 9.40 Å². The summed E-state index contributed by atoms with van der Waals surface area (Å²) >= 11 is 0. The number of aromatic nitrogens is 3. The minimum absolute atomic E-state index is 0.0186. The van der Waals surface area contributed by atoms with Gasteiger partial charge in [0.2, 0.25) is 0 Å². The van der Waals surface area contributed by atoms with Crippen molar-refractivity contribution in [2.75, 3.05) is 4.72 Å². The Morgan fingerprint density at radius 3 is 2.81 bits per heavy atom. The van der Waals surface area contributed by atoms with Gasteiger partial charge >= 0.3 is 0 Å². The van der Waals surface area contributed by atoms with Gasteiger partial charge in [0.05, 0.1) is 12.4 Å². The molecule has 7 nitrogen and oxygen atoms in total. The Kier molecular flexibility index (Phi) is 3.22. The van der Waals surface area contributed by atoms with E-state index in [1.807, 2.05) is 0 Å². The molecule has 0 amide bonds. The lowest BCUT2D eigenvalue weighted by Gasteiger charge is -2.07. The summed E-state index contributed by atoms with van der Waals surface area (Å²) in [6.07, 6.45) is 4.16. The summed E-state index contributed by atoms with van der Waals surface area (Å²) in [5, 5.41) is 0.0186. The van der Waals surface area contributed by atoms with Crippen LogP contribution < -0.4 is 4.72 Å². The first-order chi connectivity index (χ1) is 10.0. The van der Waals surface area contributed by atoms with Gasteiger partial charge in [0.25, 0.3) is 10.0 Å². The molecule has 0 aliphatic heterocycles. The number of aryl methyl sites for hydroxylation is 1. The molecule has 0 spiro atoms. The summed E-state index contributed by atoms with van der Waals surface area (Å²) in [5.41, 5.74) is 1.16. The highest BCUT2D eigenvalue weighted by molar-refractivity contribution is 7.92. The number of nitrogens with zero attached hydrogens (tertiary/aromatic N) is 2. The minimum atomic E-state index is -3.69. The number of benzene rings is 1. The third-order valence-electron chi connectivity index (χ3n) is 2.80. The summed E-state index contributed by atoms with van der Waals surface area (Å²) in [6, 6.07) is 6.86. The summed E-state index contributed by atoms with van der Waals surface area (Å²) in [7, 11) is -3.69. The summed E-state index contributed by atoms with van der Waals surface area (Å²) in [5.74, 6) is 1.10. The van der Waals surface area contributed by atoms with Gasteiger partial charge in [0.1, 0.15) is 5.82 Å². The van der Waals surface area contributed by atoms with Gasteiger partial charge in [-0.3, -0.25) is 4.72 Å². The van der Waals surface area contributed by atoms with Crippen LogP contribution in [0, 0.1) is 6.92 Å². The summed E-state index contributed by atoms with van der Waals surface area (Å²) in [6.45, 7) is 1.68. The van der Waals surface area contributed by atoms with Crippen LogP contribution in [0.15, 0.2) is 52.5 Å². The Bertz CT molecular complexity index is 853. The van der Waals surface area contributed by atoms with Crippen LogP contribution in [0.25, 0.3) is 11.3 Å². The number of hydrogen-bond acceptors (Lipinski definition) is 5. The minimum Gasteiger partial charge on any atom is -0.444 e. The molecule has 0 aliphatic carbocycles. The third kappa shape index (κ3) is 2.79. The van der Waals surface area contributed by atoms with Gasteiger partial charge in [0.15, 0.2) is 17.2 Å². The van der Waals surface area contributed by atoms with E-state index in [1.54, 1.807) is 37.4 Å². The number of sulfonamides is 1. The van der Waals surface area contributed by atoms with Crippen LogP contribution >= 0.6 is 0 Å². The van der Waals surface area contributed by atoms with Crippen LogP contribution in [0.3, 0.4) is 0 Å². The zero-order chi connectivity index (χ0) is 14.9. The molecule has 0 saturated heterocycles. The first-order valence-electron chi connectivity index (χ1n) is 6.08. The highest BCUT2D eigenvalue weighted by atomic mass is 32.2. The molecule has 0 radical (unpaired) electrons. The first kappa shape index (κ1) is 13.4. The van der Waals surface area contributed by atoms with E-state index in [0.29, 0.717) is 17.3 Å². The monoisotopic (exact) mass is 304 g/mol. The topological polar surface area (TPSA) is 101 Å². The molecule has 108 valence electrons. The van der Waals surface area contributed by atoms with Crippen molar-refractivity contribution < 1.29 is 12.8 Å². The molecular formula is C13H12N4O3S. The molecule has 1 aromatic carbocycles. The van der Waals surface area contributed by atoms with E-state index in [1.165, 1.54) is 12.6 Å². The van der Waals surface area contributed by atoms with Gasteiger partial charge in [-0.15, -0.1) is 0 Å². The van der Waals surface area contributed by atoms with E-state index in [0.717, 1.165) is 5.56 Å². The smallest absolute Gasteiger partial charge is 0.278 e. The molecule has 0 bridgehead atoms. The van der Waals surface area contributed by atoms with Crippen molar-refractivity contribution in [1.29, 1.82) is 0 Å². The van der Waals surface area contributed by atoms with E-state index in [9.17, 15) is 8.42 Å². The quantitative estimate of drug-likeness (QED) is 0.769.